The lowest BCUT2D eigenvalue weighted by molar-refractivity contribution is -0.143. The van der Waals surface area contributed by atoms with Crippen LogP contribution in [-0.4, -0.2) is 77.3 Å². The smallest absolute Gasteiger partial charge is 0.308 e. The van der Waals surface area contributed by atoms with Crippen molar-refractivity contribution in [1.29, 1.82) is 0 Å². The number of aliphatic carboxylic acids is 1. The topological polar surface area (TPSA) is 131 Å². The molecule has 1 aromatic carbocycles. The van der Waals surface area contributed by atoms with E-state index in [1.165, 1.54) is 6.26 Å². The highest BCUT2D eigenvalue weighted by Gasteiger charge is 2.47. The summed E-state index contributed by atoms with van der Waals surface area (Å²) in [7, 11) is 0. The van der Waals surface area contributed by atoms with Crippen molar-refractivity contribution in [2.75, 3.05) is 39.5 Å². The van der Waals surface area contributed by atoms with Gasteiger partial charge in [0, 0.05) is 38.0 Å². The Morgan fingerprint density at radius 2 is 2.00 bits per heavy atom. The number of hydrogen-bond donors (Lipinski definition) is 2. The first-order chi connectivity index (χ1) is 18.0. The van der Waals surface area contributed by atoms with E-state index in [1.807, 2.05) is 28.0 Å². The van der Waals surface area contributed by atoms with Gasteiger partial charge in [-0.1, -0.05) is 19.4 Å². The molecule has 2 aromatic rings. The van der Waals surface area contributed by atoms with Crippen molar-refractivity contribution >= 4 is 11.9 Å². The van der Waals surface area contributed by atoms with Crippen LogP contribution in [0.2, 0.25) is 0 Å². The van der Waals surface area contributed by atoms with Crippen molar-refractivity contribution in [3.8, 4) is 11.5 Å². The molecule has 0 unspecified atom stereocenters. The van der Waals surface area contributed by atoms with Crippen LogP contribution in [0.4, 0.5) is 0 Å². The van der Waals surface area contributed by atoms with Gasteiger partial charge in [0.15, 0.2) is 17.4 Å². The number of rotatable bonds is 14. The van der Waals surface area contributed by atoms with Gasteiger partial charge in [0.05, 0.1) is 18.7 Å². The number of hydrogen-bond acceptors (Lipinski definition) is 8. The molecule has 1 aromatic heterocycles. The summed E-state index contributed by atoms with van der Waals surface area (Å²) in [6, 6.07) is 5.27. The molecule has 1 saturated heterocycles. The number of carboxylic acids is 1. The molecule has 3 atom stereocenters. The molecule has 202 valence electrons. The predicted octanol–water partition coefficient (Wildman–Crippen LogP) is 2.87. The summed E-state index contributed by atoms with van der Waals surface area (Å²) in [6.45, 7) is 4.86. The molecule has 0 radical (unpaired) electrons. The van der Waals surface area contributed by atoms with Crippen LogP contribution in [0.5, 0.6) is 11.5 Å². The molecule has 0 aliphatic carbocycles. The third-order valence-electron chi connectivity index (χ3n) is 7.35. The highest BCUT2D eigenvalue weighted by atomic mass is 16.7. The number of unbranched alkanes of at least 4 members (excludes halogenated alkanes) is 2. The molecule has 3 heterocycles. The van der Waals surface area contributed by atoms with E-state index in [9.17, 15) is 14.7 Å². The lowest BCUT2D eigenvalue weighted by atomic mass is 9.83. The van der Waals surface area contributed by atoms with Crippen molar-refractivity contribution in [2.24, 2.45) is 11.7 Å². The summed E-state index contributed by atoms with van der Waals surface area (Å²) in [5.41, 5.74) is 6.54. The highest BCUT2D eigenvalue weighted by molar-refractivity contribution is 5.79. The molecule has 4 rings (SSSR count). The fourth-order valence-electron chi connectivity index (χ4n) is 5.41. The molecular weight excluding hydrogens is 476 g/mol. The van der Waals surface area contributed by atoms with Gasteiger partial charge in [0.2, 0.25) is 12.7 Å². The third kappa shape index (κ3) is 6.61. The zero-order valence-electron chi connectivity index (χ0n) is 21.5. The van der Waals surface area contributed by atoms with Gasteiger partial charge in [-0.05, 0) is 49.9 Å². The lowest BCUT2D eigenvalue weighted by Crippen LogP contribution is -2.45. The number of aryl methyl sites for hydroxylation is 1. The van der Waals surface area contributed by atoms with Crippen LogP contribution in [0.15, 0.2) is 35.1 Å². The number of nitrogens with zero attached hydrogens (tertiary/aromatic N) is 3. The molecule has 0 saturated carbocycles. The number of ether oxygens (including phenoxy) is 2. The molecule has 37 heavy (non-hydrogen) atoms. The van der Waals surface area contributed by atoms with Crippen LogP contribution in [0.25, 0.3) is 0 Å². The lowest BCUT2D eigenvalue weighted by Gasteiger charge is -2.29. The van der Waals surface area contributed by atoms with Crippen LogP contribution in [-0.2, 0) is 16.0 Å². The first-order valence-electron chi connectivity index (χ1n) is 13.2. The van der Waals surface area contributed by atoms with Crippen LogP contribution >= 0.6 is 0 Å². The summed E-state index contributed by atoms with van der Waals surface area (Å²) in [5.74, 6) is 0.0135. The van der Waals surface area contributed by atoms with E-state index in [0.29, 0.717) is 56.4 Å². The van der Waals surface area contributed by atoms with Crippen molar-refractivity contribution < 1.29 is 28.6 Å². The fraction of sp³-hybridized carbons (Fsp3) is 0.593. The Morgan fingerprint density at radius 1 is 1.19 bits per heavy atom. The summed E-state index contributed by atoms with van der Waals surface area (Å²) >= 11 is 0. The average Bonchev–Trinajstić information content (AvgIpc) is 3.64. The van der Waals surface area contributed by atoms with Gasteiger partial charge in [0.1, 0.15) is 6.26 Å². The minimum absolute atomic E-state index is 0.0297. The highest BCUT2D eigenvalue weighted by Crippen LogP contribution is 2.43. The Hall–Kier alpha value is -3.11. The SMILES string of the molecule is CCCCN(CCCCN)C(=O)CN1C[C@H](c2ccc3c(c2)OCO3)[C@@H](C(=O)O)[C@@H]1CCc1ncco1. The molecule has 0 bridgehead atoms. The molecular formula is C27H38N4O6. The van der Waals surface area contributed by atoms with Gasteiger partial charge in [-0.3, -0.25) is 14.5 Å². The van der Waals surface area contributed by atoms with E-state index >= 15 is 0 Å². The van der Waals surface area contributed by atoms with Crippen LogP contribution in [0, 0.1) is 5.92 Å². The van der Waals surface area contributed by atoms with Gasteiger partial charge in [0.25, 0.3) is 0 Å². The zero-order chi connectivity index (χ0) is 26.2. The molecule has 10 nitrogen and oxygen atoms in total. The van der Waals surface area contributed by atoms with Crippen molar-refractivity contribution in [3.63, 3.8) is 0 Å². The Morgan fingerprint density at radius 3 is 2.73 bits per heavy atom. The molecule has 3 N–H and O–H groups in total. The minimum atomic E-state index is -0.874. The standard InChI is InChI=1S/C27H38N4O6/c1-2-3-12-30(13-5-4-10-28)25(32)17-31-16-20(19-6-8-22-23(15-19)37-18-36-22)26(27(33)34)21(31)7-9-24-29-11-14-35-24/h6,8,11,14-15,20-21,26H,2-5,7,9-10,12-13,16-18,28H2,1H3,(H,33,34)/t20-,21+,26-/m1/s1. The maximum absolute atomic E-state index is 13.5. The third-order valence-corrected chi connectivity index (χ3v) is 7.35. The first-order valence-corrected chi connectivity index (χ1v) is 13.2. The Bertz CT molecular complexity index is 1030. The second-order valence-electron chi connectivity index (χ2n) is 9.77. The summed E-state index contributed by atoms with van der Waals surface area (Å²) in [5, 5.41) is 10.4. The number of carboxylic acid groups (broad SMARTS) is 1. The van der Waals surface area contributed by atoms with E-state index in [1.54, 1.807) is 6.20 Å². The molecule has 1 fully saturated rings. The molecule has 10 heteroatoms. The minimum Gasteiger partial charge on any atom is -0.481 e. The van der Waals surface area contributed by atoms with Crippen molar-refractivity contribution in [1.82, 2.24) is 14.8 Å². The average molecular weight is 515 g/mol. The number of carbonyl (C=O) groups excluding carboxylic acids is 1. The second kappa shape index (κ2) is 12.9. The zero-order valence-corrected chi connectivity index (χ0v) is 21.5. The quantitative estimate of drug-likeness (QED) is 0.365. The fourth-order valence-corrected chi connectivity index (χ4v) is 5.41. The molecule has 0 spiro atoms. The normalized spacial score (nSPS) is 20.9. The number of benzene rings is 1. The number of fused-ring (bicyclic) bond motifs is 1. The predicted molar refractivity (Wildman–Crippen MR) is 136 cm³/mol. The number of amides is 1. The van der Waals surface area contributed by atoms with Crippen LogP contribution in [0.1, 0.15) is 56.4 Å². The first kappa shape index (κ1) is 26.9. The van der Waals surface area contributed by atoms with E-state index in [0.717, 1.165) is 31.2 Å². The number of oxazole rings is 1. The number of carbonyl (C=O) groups is 2. The van der Waals surface area contributed by atoms with E-state index in [4.69, 9.17) is 19.6 Å². The largest absolute Gasteiger partial charge is 0.481 e. The number of nitrogens with two attached hydrogens (primary N) is 1. The van der Waals surface area contributed by atoms with E-state index in [-0.39, 0.29) is 31.2 Å². The van der Waals surface area contributed by atoms with Crippen molar-refractivity contribution in [3.05, 3.63) is 42.1 Å². The van der Waals surface area contributed by atoms with Gasteiger partial charge in [-0.15, -0.1) is 0 Å². The van der Waals surface area contributed by atoms with Gasteiger partial charge in [-0.2, -0.15) is 0 Å². The number of likely N-dealkylation sites (tertiary alicyclic amines) is 1. The molecule has 1 amide bonds. The van der Waals surface area contributed by atoms with E-state index < -0.39 is 11.9 Å². The Balaban J connectivity index is 1.56. The van der Waals surface area contributed by atoms with Gasteiger partial charge in [-0.25, -0.2) is 4.98 Å². The van der Waals surface area contributed by atoms with E-state index in [2.05, 4.69) is 11.9 Å². The maximum Gasteiger partial charge on any atom is 0.308 e. The van der Waals surface area contributed by atoms with Gasteiger partial charge >= 0.3 is 5.97 Å². The summed E-state index contributed by atoms with van der Waals surface area (Å²) < 4.78 is 16.4. The second-order valence-corrected chi connectivity index (χ2v) is 9.77. The Kier molecular flexibility index (Phi) is 9.40. The molecule has 2 aliphatic heterocycles. The summed E-state index contributed by atoms with van der Waals surface area (Å²) in [4.78, 5) is 34.3. The number of aromatic nitrogens is 1. The monoisotopic (exact) mass is 514 g/mol. The summed E-state index contributed by atoms with van der Waals surface area (Å²) in [6.07, 6.45) is 7.77. The Labute approximate surface area is 217 Å². The van der Waals surface area contributed by atoms with Crippen LogP contribution in [0.3, 0.4) is 0 Å². The van der Waals surface area contributed by atoms with Gasteiger partial charge < -0.3 is 29.6 Å². The van der Waals surface area contributed by atoms with Crippen molar-refractivity contribution in [2.45, 2.75) is 57.4 Å². The maximum atomic E-state index is 13.5. The van der Waals surface area contributed by atoms with Crippen LogP contribution < -0.4 is 15.2 Å². The molecule has 2 aliphatic rings.